The first-order valence-electron chi connectivity index (χ1n) is 6.78. The van der Waals surface area contributed by atoms with Gasteiger partial charge in [-0.05, 0) is 17.9 Å². The second kappa shape index (κ2) is 4.93. The first kappa shape index (κ1) is 14.6. The number of carboxylic acid groups (broad SMARTS) is 1. The molecule has 20 heavy (non-hydrogen) atoms. The van der Waals surface area contributed by atoms with Gasteiger partial charge in [0.15, 0.2) is 0 Å². The third kappa shape index (κ3) is 2.55. The molecule has 0 radical (unpaired) electrons. The fourth-order valence-corrected chi connectivity index (χ4v) is 2.84. The van der Waals surface area contributed by atoms with Gasteiger partial charge in [0.2, 0.25) is 5.91 Å². The van der Waals surface area contributed by atoms with Gasteiger partial charge in [0.05, 0.1) is 11.8 Å². The number of benzene rings is 1. The van der Waals surface area contributed by atoms with Gasteiger partial charge in [-0.15, -0.1) is 0 Å². The van der Waals surface area contributed by atoms with E-state index in [1.807, 2.05) is 45.0 Å². The Bertz CT molecular complexity index is 533. The smallest absolute Gasteiger partial charge is 0.307 e. The molecule has 1 aromatic rings. The number of hydrogen-bond acceptors (Lipinski definition) is 2. The predicted molar refractivity (Wildman–Crippen MR) is 76.0 cm³/mol. The van der Waals surface area contributed by atoms with Gasteiger partial charge in [0.25, 0.3) is 0 Å². The van der Waals surface area contributed by atoms with Crippen molar-refractivity contribution in [3.05, 3.63) is 35.4 Å². The molecule has 0 bridgehead atoms. The van der Waals surface area contributed by atoms with Crippen molar-refractivity contribution in [1.29, 1.82) is 0 Å². The molecule has 1 saturated carbocycles. The molecule has 1 aliphatic rings. The number of nitrogens with zero attached hydrogens (tertiary/aromatic N) is 1. The summed E-state index contributed by atoms with van der Waals surface area (Å²) in [5.74, 6) is -1.93. The van der Waals surface area contributed by atoms with Crippen molar-refractivity contribution in [2.24, 2.45) is 17.3 Å². The van der Waals surface area contributed by atoms with E-state index in [2.05, 4.69) is 0 Å². The van der Waals surface area contributed by atoms with Crippen molar-refractivity contribution in [1.82, 2.24) is 4.90 Å². The molecule has 2 unspecified atom stereocenters. The first-order chi connectivity index (χ1) is 9.25. The minimum absolute atomic E-state index is 0.0806. The van der Waals surface area contributed by atoms with Crippen LogP contribution in [0.25, 0.3) is 0 Å². The number of aliphatic carboxylic acids is 1. The summed E-state index contributed by atoms with van der Waals surface area (Å²) >= 11 is 0. The lowest BCUT2D eigenvalue weighted by Gasteiger charge is -2.18. The molecule has 0 heterocycles. The predicted octanol–water partition coefficient (Wildman–Crippen LogP) is 2.31. The second-order valence-electron chi connectivity index (χ2n) is 6.29. The maximum atomic E-state index is 12.4. The van der Waals surface area contributed by atoms with Crippen LogP contribution >= 0.6 is 0 Å². The van der Waals surface area contributed by atoms with Gasteiger partial charge in [-0.3, -0.25) is 9.59 Å². The molecule has 0 saturated heterocycles. The quantitative estimate of drug-likeness (QED) is 0.917. The molecule has 1 N–H and O–H groups in total. The molecule has 4 nitrogen and oxygen atoms in total. The molecule has 1 aliphatic carbocycles. The van der Waals surface area contributed by atoms with E-state index >= 15 is 0 Å². The SMILES string of the molecule is Cc1ccc(CN(C)C(=O)C2C(C(=O)O)C2(C)C)cc1. The Balaban J connectivity index is 2.03. The van der Waals surface area contributed by atoms with Crippen LogP contribution in [-0.4, -0.2) is 28.9 Å². The molecule has 0 aliphatic heterocycles. The number of hydrogen-bond donors (Lipinski definition) is 1. The Kier molecular flexibility index (Phi) is 3.59. The van der Waals surface area contributed by atoms with Crippen LogP contribution in [0.5, 0.6) is 0 Å². The third-order valence-electron chi connectivity index (χ3n) is 4.28. The normalized spacial score (nSPS) is 23.2. The minimum Gasteiger partial charge on any atom is -0.481 e. The molecular formula is C16H21NO3. The van der Waals surface area contributed by atoms with Crippen molar-refractivity contribution in [3.63, 3.8) is 0 Å². The van der Waals surface area contributed by atoms with E-state index < -0.39 is 23.2 Å². The Morgan fingerprint density at radius 3 is 2.20 bits per heavy atom. The summed E-state index contributed by atoms with van der Waals surface area (Å²) in [4.78, 5) is 25.1. The summed E-state index contributed by atoms with van der Waals surface area (Å²) in [6.45, 7) is 6.21. The molecule has 0 spiro atoms. The van der Waals surface area contributed by atoms with Gasteiger partial charge in [-0.1, -0.05) is 43.7 Å². The zero-order valence-electron chi connectivity index (χ0n) is 12.4. The topological polar surface area (TPSA) is 57.6 Å². The van der Waals surface area contributed by atoms with Gasteiger partial charge >= 0.3 is 5.97 Å². The lowest BCUT2D eigenvalue weighted by atomic mass is 10.1. The van der Waals surface area contributed by atoms with E-state index in [4.69, 9.17) is 5.11 Å². The van der Waals surface area contributed by atoms with Gasteiger partial charge in [0.1, 0.15) is 0 Å². The van der Waals surface area contributed by atoms with Crippen LogP contribution in [-0.2, 0) is 16.1 Å². The lowest BCUT2D eigenvalue weighted by molar-refractivity contribution is -0.141. The molecule has 2 atom stereocenters. The van der Waals surface area contributed by atoms with Crippen LogP contribution in [0.15, 0.2) is 24.3 Å². The summed E-state index contributed by atoms with van der Waals surface area (Å²) < 4.78 is 0. The first-order valence-corrected chi connectivity index (χ1v) is 6.78. The van der Waals surface area contributed by atoms with E-state index in [9.17, 15) is 9.59 Å². The van der Waals surface area contributed by atoms with Crippen LogP contribution in [0.1, 0.15) is 25.0 Å². The van der Waals surface area contributed by atoms with Crippen molar-refractivity contribution in [2.45, 2.75) is 27.3 Å². The van der Waals surface area contributed by atoms with Crippen molar-refractivity contribution in [3.8, 4) is 0 Å². The maximum Gasteiger partial charge on any atom is 0.307 e. The van der Waals surface area contributed by atoms with E-state index in [-0.39, 0.29) is 5.91 Å². The van der Waals surface area contributed by atoms with Crippen LogP contribution in [0.3, 0.4) is 0 Å². The van der Waals surface area contributed by atoms with E-state index in [1.165, 1.54) is 5.56 Å². The van der Waals surface area contributed by atoms with Crippen LogP contribution in [0, 0.1) is 24.2 Å². The molecule has 108 valence electrons. The fraction of sp³-hybridized carbons (Fsp3) is 0.500. The highest BCUT2D eigenvalue weighted by atomic mass is 16.4. The van der Waals surface area contributed by atoms with Gasteiger partial charge < -0.3 is 10.0 Å². The largest absolute Gasteiger partial charge is 0.481 e. The molecule has 0 aromatic heterocycles. The highest BCUT2D eigenvalue weighted by Gasteiger charge is 2.66. The average Bonchev–Trinajstić information content (AvgIpc) is 2.94. The molecule has 2 rings (SSSR count). The summed E-state index contributed by atoms with van der Waals surface area (Å²) in [5.41, 5.74) is 1.79. The molecular weight excluding hydrogens is 254 g/mol. The highest BCUT2D eigenvalue weighted by Crippen LogP contribution is 2.58. The highest BCUT2D eigenvalue weighted by molar-refractivity contribution is 5.91. The fourth-order valence-electron chi connectivity index (χ4n) is 2.84. The number of carboxylic acids is 1. The standard InChI is InChI=1S/C16H21NO3/c1-10-5-7-11(8-6-10)9-17(4)14(18)12-13(15(19)20)16(12,2)3/h5-8,12-13H,9H2,1-4H3,(H,19,20). The van der Waals surface area contributed by atoms with E-state index in [0.717, 1.165) is 5.56 Å². The van der Waals surface area contributed by atoms with Crippen LogP contribution < -0.4 is 0 Å². The Morgan fingerprint density at radius 2 is 1.75 bits per heavy atom. The molecule has 1 amide bonds. The Hall–Kier alpha value is -1.84. The van der Waals surface area contributed by atoms with Gasteiger partial charge in [0, 0.05) is 13.6 Å². The summed E-state index contributed by atoms with van der Waals surface area (Å²) in [6.07, 6.45) is 0. The van der Waals surface area contributed by atoms with Crippen LogP contribution in [0.2, 0.25) is 0 Å². The van der Waals surface area contributed by atoms with Crippen LogP contribution in [0.4, 0.5) is 0 Å². The second-order valence-corrected chi connectivity index (χ2v) is 6.29. The van der Waals surface area contributed by atoms with Crippen molar-refractivity contribution < 1.29 is 14.7 Å². The minimum atomic E-state index is -0.878. The molecule has 1 aromatic carbocycles. The Morgan fingerprint density at radius 1 is 1.20 bits per heavy atom. The van der Waals surface area contributed by atoms with Gasteiger partial charge in [-0.25, -0.2) is 0 Å². The lowest BCUT2D eigenvalue weighted by Crippen LogP contribution is -2.29. The summed E-state index contributed by atoms with van der Waals surface area (Å²) in [6, 6.07) is 8.00. The summed E-state index contributed by atoms with van der Waals surface area (Å²) in [7, 11) is 1.73. The molecule has 4 heteroatoms. The summed E-state index contributed by atoms with van der Waals surface area (Å²) in [5, 5.41) is 9.14. The van der Waals surface area contributed by atoms with Gasteiger partial charge in [-0.2, -0.15) is 0 Å². The Labute approximate surface area is 119 Å². The number of carbonyl (C=O) groups is 2. The zero-order chi connectivity index (χ0) is 15.1. The maximum absolute atomic E-state index is 12.4. The monoisotopic (exact) mass is 275 g/mol. The molecule has 1 fully saturated rings. The zero-order valence-corrected chi connectivity index (χ0v) is 12.4. The third-order valence-corrected chi connectivity index (χ3v) is 4.28. The van der Waals surface area contributed by atoms with Crippen molar-refractivity contribution in [2.75, 3.05) is 7.05 Å². The van der Waals surface area contributed by atoms with E-state index in [1.54, 1.807) is 11.9 Å². The number of amides is 1. The number of rotatable bonds is 4. The number of carbonyl (C=O) groups excluding carboxylic acids is 1. The average molecular weight is 275 g/mol. The van der Waals surface area contributed by atoms with E-state index in [0.29, 0.717) is 6.54 Å². The van der Waals surface area contributed by atoms with Crippen molar-refractivity contribution >= 4 is 11.9 Å². The number of aryl methyl sites for hydroxylation is 1.